The van der Waals surface area contributed by atoms with Crippen LogP contribution in [0.3, 0.4) is 0 Å². The number of aliphatic hydroxyl groups is 2. The zero-order valence-corrected chi connectivity index (χ0v) is 6.38. The quantitative estimate of drug-likeness (QED) is 0.585. The first-order valence-electron chi connectivity index (χ1n) is 3.78. The molecule has 0 saturated heterocycles. The second-order valence-electron chi connectivity index (χ2n) is 2.77. The minimum Gasteiger partial charge on any atom is -0.386 e. The highest BCUT2D eigenvalue weighted by molar-refractivity contribution is 5.54. The molecule has 1 aromatic heterocycles. The van der Waals surface area contributed by atoms with Crippen molar-refractivity contribution in [2.45, 2.75) is 12.2 Å². The molecule has 3 heteroatoms. The lowest BCUT2D eigenvalue weighted by atomic mass is 9.97. The molecule has 0 aliphatic heterocycles. The van der Waals surface area contributed by atoms with Gasteiger partial charge in [0.05, 0.1) is 5.69 Å². The van der Waals surface area contributed by atoms with E-state index in [1.807, 2.05) is 0 Å². The second-order valence-corrected chi connectivity index (χ2v) is 2.77. The number of hydrogen-bond acceptors (Lipinski definition) is 3. The zero-order chi connectivity index (χ0) is 8.55. The summed E-state index contributed by atoms with van der Waals surface area (Å²) in [6, 6.07) is 3.51. The summed E-state index contributed by atoms with van der Waals surface area (Å²) in [5.74, 6) is 0. The van der Waals surface area contributed by atoms with Gasteiger partial charge >= 0.3 is 0 Å². The molecule has 0 saturated carbocycles. The van der Waals surface area contributed by atoms with E-state index in [0.29, 0.717) is 5.56 Å². The van der Waals surface area contributed by atoms with Crippen LogP contribution in [0.4, 0.5) is 0 Å². The van der Waals surface area contributed by atoms with E-state index < -0.39 is 12.2 Å². The standard InChI is InChI=1S/C9H9NO2/c11-8-4-3-7-6(9(8)12)2-1-5-10-7/h1-5,8-9,11-12H. The van der Waals surface area contributed by atoms with Gasteiger partial charge in [0.25, 0.3) is 0 Å². The fourth-order valence-electron chi connectivity index (χ4n) is 1.30. The highest BCUT2D eigenvalue weighted by Gasteiger charge is 2.21. The molecule has 2 unspecified atom stereocenters. The first kappa shape index (κ1) is 7.46. The third-order valence-electron chi connectivity index (χ3n) is 1.96. The second kappa shape index (κ2) is 2.69. The van der Waals surface area contributed by atoms with Gasteiger partial charge in [-0.15, -0.1) is 0 Å². The lowest BCUT2D eigenvalue weighted by molar-refractivity contribution is 0.0467. The maximum Gasteiger partial charge on any atom is 0.111 e. The van der Waals surface area contributed by atoms with E-state index in [2.05, 4.69) is 4.98 Å². The van der Waals surface area contributed by atoms with E-state index in [9.17, 15) is 10.2 Å². The molecule has 0 spiro atoms. The number of aromatic nitrogens is 1. The molecule has 0 aromatic carbocycles. The van der Waals surface area contributed by atoms with Crippen molar-refractivity contribution in [3.05, 3.63) is 35.7 Å². The molecule has 0 radical (unpaired) electrons. The molecule has 2 rings (SSSR count). The minimum absolute atomic E-state index is 0.688. The van der Waals surface area contributed by atoms with Crippen LogP contribution in [0.25, 0.3) is 6.08 Å². The number of hydrogen-bond donors (Lipinski definition) is 2. The van der Waals surface area contributed by atoms with Crippen molar-refractivity contribution < 1.29 is 10.2 Å². The Labute approximate surface area is 70.0 Å². The number of rotatable bonds is 0. The fraction of sp³-hybridized carbons (Fsp3) is 0.222. The number of fused-ring (bicyclic) bond motifs is 1. The summed E-state index contributed by atoms with van der Waals surface area (Å²) in [5, 5.41) is 18.7. The summed E-state index contributed by atoms with van der Waals surface area (Å²) in [7, 11) is 0. The summed E-state index contributed by atoms with van der Waals surface area (Å²) >= 11 is 0. The van der Waals surface area contributed by atoms with Gasteiger partial charge in [-0.25, -0.2) is 0 Å². The van der Waals surface area contributed by atoms with E-state index in [4.69, 9.17) is 0 Å². The highest BCUT2D eigenvalue weighted by atomic mass is 16.3. The van der Waals surface area contributed by atoms with Crippen molar-refractivity contribution in [3.63, 3.8) is 0 Å². The predicted molar refractivity (Wildman–Crippen MR) is 44.2 cm³/mol. The van der Waals surface area contributed by atoms with Crippen molar-refractivity contribution in [1.29, 1.82) is 0 Å². The lowest BCUT2D eigenvalue weighted by Crippen LogP contribution is -2.19. The van der Waals surface area contributed by atoms with Crippen LogP contribution in [-0.2, 0) is 0 Å². The average Bonchev–Trinajstić information content (AvgIpc) is 2.12. The Kier molecular flexibility index (Phi) is 1.67. The molecular formula is C9H9NO2. The summed E-state index contributed by atoms with van der Waals surface area (Å²) < 4.78 is 0. The summed E-state index contributed by atoms with van der Waals surface area (Å²) in [4.78, 5) is 4.05. The smallest absolute Gasteiger partial charge is 0.111 e. The monoisotopic (exact) mass is 163 g/mol. The van der Waals surface area contributed by atoms with Crippen molar-refractivity contribution >= 4 is 6.08 Å². The number of aliphatic hydroxyl groups excluding tert-OH is 2. The molecule has 12 heavy (non-hydrogen) atoms. The molecule has 1 heterocycles. The van der Waals surface area contributed by atoms with Crippen LogP contribution in [0.5, 0.6) is 0 Å². The lowest BCUT2D eigenvalue weighted by Gasteiger charge is -2.20. The molecule has 1 aliphatic carbocycles. The third kappa shape index (κ3) is 1.03. The van der Waals surface area contributed by atoms with Gasteiger partial charge in [0.1, 0.15) is 12.2 Å². The largest absolute Gasteiger partial charge is 0.386 e. The SMILES string of the molecule is OC1C=Cc2ncccc2C1O. The van der Waals surface area contributed by atoms with Crippen molar-refractivity contribution in [1.82, 2.24) is 4.98 Å². The van der Waals surface area contributed by atoms with Crippen LogP contribution in [0.15, 0.2) is 24.4 Å². The van der Waals surface area contributed by atoms with Crippen molar-refractivity contribution in [3.8, 4) is 0 Å². The van der Waals surface area contributed by atoms with Crippen molar-refractivity contribution in [2.75, 3.05) is 0 Å². The Morgan fingerprint density at radius 2 is 2.17 bits per heavy atom. The number of nitrogens with zero attached hydrogens (tertiary/aromatic N) is 1. The van der Waals surface area contributed by atoms with E-state index in [-0.39, 0.29) is 0 Å². The molecule has 62 valence electrons. The van der Waals surface area contributed by atoms with Crippen LogP contribution in [-0.4, -0.2) is 21.3 Å². The summed E-state index contributed by atoms with van der Waals surface area (Å²) in [6.07, 6.45) is 3.28. The van der Waals surface area contributed by atoms with Gasteiger partial charge in [-0.2, -0.15) is 0 Å². The molecule has 1 aromatic rings. The summed E-state index contributed by atoms with van der Waals surface area (Å²) in [6.45, 7) is 0. The molecule has 0 amide bonds. The van der Waals surface area contributed by atoms with Gasteiger partial charge in [0, 0.05) is 11.8 Å². The Bertz CT molecular complexity index is 322. The molecule has 0 bridgehead atoms. The van der Waals surface area contributed by atoms with Crippen LogP contribution >= 0.6 is 0 Å². The maximum absolute atomic E-state index is 9.49. The van der Waals surface area contributed by atoms with Gasteiger partial charge in [0.2, 0.25) is 0 Å². The van der Waals surface area contributed by atoms with Crippen LogP contribution < -0.4 is 0 Å². The Morgan fingerprint density at radius 3 is 3.00 bits per heavy atom. The van der Waals surface area contributed by atoms with E-state index in [1.165, 1.54) is 0 Å². The fourth-order valence-corrected chi connectivity index (χ4v) is 1.30. The van der Waals surface area contributed by atoms with Gasteiger partial charge in [-0.1, -0.05) is 12.1 Å². The Morgan fingerprint density at radius 1 is 1.33 bits per heavy atom. The molecule has 2 N–H and O–H groups in total. The number of pyridine rings is 1. The summed E-state index contributed by atoms with van der Waals surface area (Å²) in [5.41, 5.74) is 1.42. The van der Waals surface area contributed by atoms with Gasteiger partial charge in [-0.05, 0) is 12.1 Å². The van der Waals surface area contributed by atoms with Crippen LogP contribution in [0.2, 0.25) is 0 Å². The van der Waals surface area contributed by atoms with Crippen molar-refractivity contribution in [2.24, 2.45) is 0 Å². The van der Waals surface area contributed by atoms with E-state index in [1.54, 1.807) is 30.5 Å². The van der Waals surface area contributed by atoms with Crippen LogP contribution in [0.1, 0.15) is 17.4 Å². The van der Waals surface area contributed by atoms with E-state index in [0.717, 1.165) is 5.69 Å². The van der Waals surface area contributed by atoms with Gasteiger partial charge in [-0.3, -0.25) is 4.98 Å². The Balaban J connectivity index is 2.52. The molecule has 3 nitrogen and oxygen atoms in total. The first-order valence-corrected chi connectivity index (χ1v) is 3.78. The normalized spacial score (nSPS) is 26.8. The van der Waals surface area contributed by atoms with Gasteiger partial charge in [0.15, 0.2) is 0 Å². The molecule has 2 atom stereocenters. The average molecular weight is 163 g/mol. The topological polar surface area (TPSA) is 53.4 Å². The predicted octanol–water partition coefficient (Wildman–Crippen LogP) is 0.503. The third-order valence-corrected chi connectivity index (χ3v) is 1.96. The van der Waals surface area contributed by atoms with Gasteiger partial charge < -0.3 is 10.2 Å². The highest BCUT2D eigenvalue weighted by Crippen LogP contribution is 2.25. The molecule has 0 fully saturated rings. The van der Waals surface area contributed by atoms with E-state index >= 15 is 0 Å². The molecular weight excluding hydrogens is 154 g/mol. The van der Waals surface area contributed by atoms with Crippen LogP contribution in [0, 0.1) is 0 Å². The molecule has 1 aliphatic rings. The maximum atomic E-state index is 9.49. The zero-order valence-electron chi connectivity index (χ0n) is 6.38. The Hall–Kier alpha value is -1.19. The first-order chi connectivity index (χ1) is 5.79. The minimum atomic E-state index is -0.835.